The van der Waals surface area contributed by atoms with Crippen LogP contribution in [0.3, 0.4) is 0 Å². The van der Waals surface area contributed by atoms with E-state index in [4.69, 9.17) is 0 Å². The molecule has 118 valence electrons. The van der Waals surface area contributed by atoms with Gasteiger partial charge in [0, 0.05) is 0 Å². The zero-order valence-electron chi connectivity index (χ0n) is 14.3. The van der Waals surface area contributed by atoms with E-state index < -0.39 is 0 Å². The van der Waals surface area contributed by atoms with Gasteiger partial charge in [-0.25, -0.2) is 0 Å². The number of fused-ring (bicyclic) bond motifs is 3. The Hall–Kier alpha value is 0. The molecule has 0 aliphatic heterocycles. The SMILES string of the molecule is CCCCCCCC12CCC(CCCCC)(CC1)CC2. The molecule has 0 radical (unpaired) electrons. The van der Waals surface area contributed by atoms with Crippen molar-refractivity contribution in [2.75, 3.05) is 0 Å². The largest absolute Gasteiger partial charge is 0.0654 e. The fourth-order valence-electron chi connectivity index (χ4n) is 4.94. The van der Waals surface area contributed by atoms with Crippen LogP contribution in [0.4, 0.5) is 0 Å². The number of hydrogen-bond donors (Lipinski definition) is 0. The third-order valence-electron chi connectivity index (χ3n) is 6.68. The van der Waals surface area contributed by atoms with Crippen molar-refractivity contribution in [2.24, 2.45) is 10.8 Å². The molecule has 2 bridgehead atoms. The lowest BCUT2D eigenvalue weighted by molar-refractivity contribution is -0.0220. The van der Waals surface area contributed by atoms with Crippen LogP contribution in [0.2, 0.25) is 0 Å². The molecule has 0 aromatic rings. The highest BCUT2D eigenvalue weighted by molar-refractivity contribution is 4.99. The Bertz CT molecular complexity index is 241. The fourth-order valence-corrected chi connectivity index (χ4v) is 4.94. The van der Waals surface area contributed by atoms with Crippen molar-refractivity contribution in [3.63, 3.8) is 0 Å². The molecule has 0 unspecified atom stereocenters. The zero-order valence-corrected chi connectivity index (χ0v) is 14.3. The van der Waals surface area contributed by atoms with Crippen LogP contribution in [0.5, 0.6) is 0 Å². The van der Waals surface area contributed by atoms with Crippen molar-refractivity contribution >= 4 is 0 Å². The van der Waals surface area contributed by atoms with E-state index in [0.717, 1.165) is 10.8 Å². The van der Waals surface area contributed by atoms with Crippen LogP contribution in [0.15, 0.2) is 0 Å². The first-order valence-corrected chi connectivity index (χ1v) is 9.74. The first-order valence-electron chi connectivity index (χ1n) is 9.74. The van der Waals surface area contributed by atoms with Gasteiger partial charge in [0.15, 0.2) is 0 Å². The molecule has 3 aliphatic rings. The van der Waals surface area contributed by atoms with E-state index in [2.05, 4.69) is 13.8 Å². The summed E-state index contributed by atoms with van der Waals surface area (Å²) in [5.41, 5.74) is 1.61. The summed E-state index contributed by atoms with van der Waals surface area (Å²) in [4.78, 5) is 0. The molecular formula is C20H38. The lowest BCUT2D eigenvalue weighted by atomic mass is 9.51. The molecular weight excluding hydrogens is 240 g/mol. The molecule has 0 N–H and O–H groups in total. The summed E-state index contributed by atoms with van der Waals surface area (Å²) in [5, 5.41) is 0. The van der Waals surface area contributed by atoms with E-state index in [0.29, 0.717) is 0 Å². The van der Waals surface area contributed by atoms with Gasteiger partial charge in [0.05, 0.1) is 0 Å². The maximum atomic E-state index is 2.34. The molecule has 0 aromatic heterocycles. The molecule has 3 fully saturated rings. The van der Waals surface area contributed by atoms with E-state index in [1.54, 1.807) is 51.4 Å². The summed E-state index contributed by atoms with van der Waals surface area (Å²) in [6, 6.07) is 0. The second kappa shape index (κ2) is 7.85. The van der Waals surface area contributed by atoms with Crippen LogP contribution in [0, 0.1) is 10.8 Å². The minimum atomic E-state index is 0.804. The molecule has 0 heterocycles. The van der Waals surface area contributed by atoms with Crippen LogP contribution >= 0.6 is 0 Å². The predicted molar refractivity (Wildman–Crippen MR) is 90.1 cm³/mol. The van der Waals surface area contributed by atoms with Crippen molar-refractivity contribution < 1.29 is 0 Å². The van der Waals surface area contributed by atoms with E-state index in [1.807, 2.05) is 0 Å². The summed E-state index contributed by atoms with van der Waals surface area (Å²) in [6.45, 7) is 4.65. The Balaban J connectivity index is 1.69. The average Bonchev–Trinajstić information content (AvgIpc) is 2.49. The van der Waals surface area contributed by atoms with Gasteiger partial charge < -0.3 is 0 Å². The van der Waals surface area contributed by atoms with E-state index >= 15 is 0 Å². The predicted octanol–water partition coefficient (Wildman–Crippen LogP) is 7.27. The Morgan fingerprint density at radius 2 is 0.850 bits per heavy atom. The van der Waals surface area contributed by atoms with Crippen LogP contribution in [-0.2, 0) is 0 Å². The molecule has 0 spiro atoms. The van der Waals surface area contributed by atoms with Crippen molar-refractivity contribution in [1.29, 1.82) is 0 Å². The van der Waals surface area contributed by atoms with Gasteiger partial charge in [0.2, 0.25) is 0 Å². The van der Waals surface area contributed by atoms with Gasteiger partial charge in [-0.15, -0.1) is 0 Å². The smallest absolute Gasteiger partial charge is 0.0297 e. The zero-order chi connectivity index (χ0) is 14.3. The summed E-state index contributed by atoms with van der Waals surface area (Å²) >= 11 is 0. The highest BCUT2D eigenvalue weighted by atomic mass is 14.5. The highest BCUT2D eigenvalue weighted by Gasteiger charge is 2.47. The van der Waals surface area contributed by atoms with Gasteiger partial charge in [0.25, 0.3) is 0 Å². The maximum absolute atomic E-state index is 2.34. The minimum absolute atomic E-state index is 0.804. The summed E-state index contributed by atoms with van der Waals surface area (Å²) in [7, 11) is 0. The molecule has 3 aliphatic carbocycles. The van der Waals surface area contributed by atoms with E-state index in [1.165, 1.54) is 51.4 Å². The Morgan fingerprint density at radius 3 is 1.30 bits per heavy atom. The lowest BCUT2D eigenvalue weighted by Gasteiger charge is -2.54. The third kappa shape index (κ3) is 4.25. The van der Waals surface area contributed by atoms with Gasteiger partial charge in [-0.1, -0.05) is 65.2 Å². The molecule has 0 amide bonds. The van der Waals surface area contributed by atoms with Crippen molar-refractivity contribution in [3.8, 4) is 0 Å². The monoisotopic (exact) mass is 278 g/mol. The minimum Gasteiger partial charge on any atom is -0.0654 e. The average molecular weight is 279 g/mol. The Labute approximate surface area is 128 Å². The Kier molecular flexibility index (Phi) is 6.43. The lowest BCUT2D eigenvalue weighted by Crippen LogP contribution is -2.41. The fraction of sp³-hybridized carbons (Fsp3) is 1.00. The van der Waals surface area contributed by atoms with Crippen molar-refractivity contribution in [2.45, 2.75) is 117 Å². The topological polar surface area (TPSA) is 0 Å². The number of hydrogen-bond acceptors (Lipinski definition) is 0. The second-order valence-corrected chi connectivity index (χ2v) is 8.12. The maximum Gasteiger partial charge on any atom is -0.0297 e. The van der Waals surface area contributed by atoms with Crippen LogP contribution < -0.4 is 0 Å². The van der Waals surface area contributed by atoms with Gasteiger partial charge in [0.1, 0.15) is 0 Å². The molecule has 20 heavy (non-hydrogen) atoms. The summed E-state index contributed by atoms with van der Waals surface area (Å²) in [5.74, 6) is 0. The Morgan fingerprint density at radius 1 is 0.500 bits per heavy atom. The first kappa shape index (κ1) is 16.4. The molecule has 3 saturated carbocycles. The van der Waals surface area contributed by atoms with Gasteiger partial charge in [-0.3, -0.25) is 0 Å². The van der Waals surface area contributed by atoms with Crippen LogP contribution in [0.25, 0.3) is 0 Å². The standard InChI is InChI=1S/C20H38/c1-3-5-7-8-10-12-20-16-13-19(14-17-20,15-18-20)11-9-6-4-2/h3-18H2,1-2H3. The number of unbranched alkanes of at least 4 members (excludes halogenated alkanes) is 6. The van der Waals surface area contributed by atoms with Gasteiger partial charge >= 0.3 is 0 Å². The normalized spacial score (nSPS) is 32.7. The quantitative estimate of drug-likeness (QED) is 0.369. The van der Waals surface area contributed by atoms with Crippen molar-refractivity contribution in [1.82, 2.24) is 0 Å². The third-order valence-corrected chi connectivity index (χ3v) is 6.68. The summed E-state index contributed by atoms with van der Waals surface area (Å²) in [6.07, 6.45) is 24.2. The van der Waals surface area contributed by atoms with Crippen molar-refractivity contribution in [3.05, 3.63) is 0 Å². The molecule has 0 heteroatoms. The highest BCUT2D eigenvalue weighted by Crippen LogP contribution is 2.60. The van der Waals surface area contributed by atoms with E-state index in [9.17, 15) is 0 Å². The van der Waals surface area contributed by atoms with Crippen LogP contribution in [0.1, 0.15) is 117 Å². The first-order chi connectivity index (χ1) is 9.74. The van der Waals surface area contributed by atoms with Gasteiger partial charge in [-0.05, 0) is 62.2 Å². The van der Waals surface area contributed by atoms with Crippen LogP contribution in [-0.4, -0.2) is 0 Å². The molecule has 0 nitrogen and oxygen atoms in total. The van der Waals surface area contributed by atoms with E-state index in [-0.39, 0.29) is 0 Å². The molecule has 0 atom stereocenters. The molecule has 0 saturated heterocycles. The van der Waals surface area contributed by atoms with Gasteiger partial charge in [-0.2, -0.15) is 0 Å². The second-order valence-electron chi connectivity index (χ2n) is 8.12. The molecule has 3 rings (SSSR count). The number of rotatable bonds is 10. The molecule has 0 aromatic carbocycles. The summed E-state index contributed by atoms with van der Waals surface area (Å²) < 4.78 is 0.